The van der Waals surface area contributed by atoms with Gasteiger partial charge in [0, 0.05) is 12.1 Å². The second-order valence-electron chi connectivity index (χ2n) is 7.19. The van der Waals surface area contributed by atoms with Crippen LogP contribution in [0.25, 0.3) is 0 Å². The molecule has 0 unspecified atom stereocenters. The van der Waals surface area contributed by atoms with Crippen molar-refractivity contribution >= 4 is 23.4 Å². The van der Waals surface area contributed by atoms with Gasteiger partial charge in [0.05, 0.1) is 5.75 Å². The number of nitrogens with zero attached hydrogens (tertiary/aromatic N) is 2. The number of benzene rings is 2. The lowest BCUT2D eigenvalue weighted by molar-refractivity contribution is -0.113. The molecule has 2 aromatic carbocycles. The number of aromatic nitrogens is 3. The number of hydrogen-bond acceptors (Lipinski definition) is 5. The highest BCUT2D eigenvalue weighted by Gasteiger charge is 2.10. The van der Waals surface area contributed by atoms with Gasteiger partial charge in [-0.25, -0.2) is 0 Å². The highest BCUT2D eigenvalue weighted by Crippen LogP contribution is 2.16. The van der Waals surface area contributed by atoms with E-state index in [1.165, 1.54) is 5.56 Å². The lowest BCUT2D eigenvalue weighted by Gasteiger charge is -2.07. The van der Waals surface area contributed by atoms with Crippen molar-refractivity contribution in [3.63, 3.8) is 0 Å². The molecule has 0 bridgehead atoms. The zero-order valence-electron chi connectivity index (χ0n) is 16.7. The molecule has 29 heavy (non-hydrogen) atoms. The Morgan fingerprint density at radius 3 is 2.55 bits per heavy atom. The summed E-state index contributed by atoms with van der Waals surface area (Å²) in [5, 5.41) is 11.3. The maximum Gasteiger partial charge on any atom is 0.273 e. The largest absolute Gasteiger partial charge is 0.325 e. The Balaban J connectivity index is 1.57. The minimum atomic E-state index is -0.283. The molecule has 6 nitrogen and oxygen atoms in total. The molecule has 1 aromatic heterocycles. The highest BCUT2D eigenvalue weighted by molar-refractivity contribution is 7.99. The summed E-state index contributed by atoms with van der Waals surface area (Å²) in [6, 6.07) is 15.7. The van der Waals surface area contributed by atoms with E-state index in [-0.39, 0.29) is 17.2 Å². The second kappa shape index (κ2) is 9.52. The van der Waals surface area contributed by atoms with E-state index in [4.69, 9.17) is 0 Å². The minimum Gasteiger partial charge on any atom is -0.325 e. The van der Waals surface area contributed by atoms with E-state index in [0.29, 0.717) is 23.2 Å². The maximum absolute atomic E-state index is 12.3. The molecule has 0 fully saturated rings. The number of thioether (sulfide) groups is 1. The van der Waals surface area contributed by atoms with Crippen LogP contribution in [0.4, 0.5) is 5.69 Å². The van der Waals surface area contributed by atoms with Crippen LogP contribution in [0.3, 0.4) is 0 Å². The van der Waals surface area contributed by atoms with E-state index in [1.54, 1.807) is 0 Å². The first-order chi connectivity index (χ1) is 13.9. The third-order valence-corrected chi connectivity index (χ3v) is 5.27. The average molecular weight is 409 g/mol. The van der Waals surface area contributed by atoms with Crippen LogP contribution in [0.2, 0.25) is 0 Å². The van der Waals surface area contributed by atoms with E-state index < -0.39 is 0 Å². The zero-order chi connectivity index (χ0) is 20.8. The molecule has 1 amide bonds. The Hall–Kier alpha value is -2.93. The third-order valence-electron chi connectivity index (χ3n) is 4.40. The molecule has 2 N–H and O–H groups in total. The van der Waals surface area contributed by atoms with Gasteiger partial charge < -0.3 is 5.32 Å². The van der Waals surface area contributed by atoms with E-state index in [2.05, 4.69) is 46.5 Å². The van der Waals surface area contributed by atoms with E-state index in [9.17, 15) is 9.59 Å². The summed E-state index contributed by atoms with van der Waals surface area (Å²) >= 11 is 1.15. The number of H-pyrrole nitrogens is 1. The van der Waals surface area contributed by atoms with Crippen molar-refractivity contribution in [3.05, 3.63) is 81.3 Å². The summed E-state index contributed by atoms with van der Waals surface area (Å²) in [5.74, 6) is 0.429. The molecule has 150 valence electrons. The smallest absolute Gasteiger partial charge is 0.273 e. The normalized spacial score (nSPS) is 10.9. The number of carbonyl (C=O) groups excluding carboxylic acids is 1. The second-order valence-corrected chi connectivity index (χ2v) is 8.15. The molecule has 0 radical (unpaired) electrons. The van der Waals surface area contributed by atoms with Gasteiger partial charge in [-0.15, -0.1) is 10.2 Å². The van der Waals surface area contributed by atoms with E-state index >= 15 is 0 Å². The van der Waals surface area contributed by atoms with Gasteiger partial charge in [0.15, 0.2) is 5.16 Å². The van der Waals surface area contributed by atoms with E-state index in [1.807, 2.05) is 43.3 Å². The van der Waals surface area contributed by atoms with Crippen molar-refractivity contribution in [2.45, 2.75) is 38.3 Å². The molecule has 0 spiro atoms. The average Bonchev–Trinajstić information content (AvgIpc) is 2.69. The molecule has 1 heterocycles. The SMILES string of the molecule is Cc1cccc(NC(=O)CSc2nnc(Cc3ccc(C(C)C)cc3)c(=O)[nH]2)c1. The predicted molar refractivity (Wildman–Crippen MR) is 117 cm³/mol. The van der Waals surface area contributed by atoms with Crippen molar-refractivity contribution in [3.8, 4) is 0 Å². The molecule has 0 aliphatic rings. The number of carbonyl (C=O) groups is 1. The lowest BCUT2D eigenvalue weighted by Crippen LogP contribution is -2.19. The summed E-state index contributed by atoms with van der Waals surface area (Å²) in [7, 11) is 0. The summed E-state index contributed by atoms with van der Waals surface area (Å²) < 4.78 is 0. The number of amides is 1. The van der Waals surface area contributed by atoms with E-state index in [0.717, 1.165) is 28.6 Å². The van der Waals surface area contributed by atoms with Crippen molar-refractivity contribution in [2.24, 2.45) is 0 Å². The van der Waals surface area contributed by atoms with Gasteiger partial charge in [-0.2, -0.15) is 0 Å². The first kappa shape index (κ1) is 20.8. The Labute approximate surface area is 174 Å². The van der Waals surface area contributed by atoms with Crippen molar-refractivity contribution < 1.29 is 4.79 Å². The summed E-state index contributed by atoms with van der Waals surface area (Å²) in [5.41, 5.74) is 4.15. The Morgan fingerprint density at radius 1 is 1.14 bits per heavy atom. The predicted octanol–water partition coefficient (Wildman–Crippen LogP) is 3.92. The Bertz CT molecular complexity index is 1050. The lowest BCUT2D eigenvalue weighted by atomic mass is 10.0. The van der Waals surface area contributed by atoms with Crippen LogP contribution >= 0.6 is 11.8 Å². The van der Waals surface area contributed by atoms with Gasteiger partial charge >= 0.3 is 0 Å². The molecule has 3 aromatic rings. The van der Waals surface area contributed by atoms with Gasteiger partial charge in [-0.05, 0) is 41.7 Å². The summed E-state index contributed by atoms with van der Waals surface area (Å²) in [6.07, 6.45) is 0.416. The van der Waals surface area contributed by atoms with Crippen LogP contribution in [-0.4, -0.2) is 26.8 Å². The molecular formula is C22H24N4O2S. The van der Waals surface area contributed by atoms with Gasteiger partial charge in [0.25, 0.3) is 5.56 Å². The van der Waals surface area contributed by atoms with Crippen LogP contribution < -0.4 is 10.9 Å². The van der Waals surface area contributed by atoms with Gasteiger partial charge in [0.1, 0.15) is 5.69 Å². The number of anilines is 1. The number of rotatable bonds is 7. The van der Waals surface area contributed by atoms with Gasteiger partial charge in [-0.3, -0.25) is 14.6 Å². The molecule has 7 heteroatoms. The van der Waals surface area contributed by atoms with Gasteiger partial charge in [-0.1, -0.05) is 62.0 Å². The zero-order valence-corrected chi connectivity index (χ0v) is 17.5. The fourth-order valence-corrected chi connectivity index (χ4v) is 3.40. The van der Waals surface area contributed by atoms with Crippen molar-refractivity contribution in [2.75, 3.05) is 11.1 Å². The Kier molecular flexibility index (Phi) is 6.82. The first-order valence-electron chi connectivity index (χ1n) is 9.45. The van der Waals surface area contributed by atoms with Crippen LogP contribution in [-0.2, 0) is 11.2 Å². The molecule has 3 rings (SSSR count). The molecule has 0 saturated carbocycles. The van der Waals surface area contributed by atoms with Gasteiger partial charge in [0.2, 0.25) is 5.91 Å². The molecule has 0 aliphatic carbocycles. The molecule has 0 saturated heterocycles. The third kappa shape index (κ3) is 6.02. The molecule has 0 atom stereocenters. The standard InChI is InChI=1S/C22H24N4O2S/c1-14(2)17-9-7-16(8-10-17)12-19-21(28)24-22(26-25-19)29-13-20(27)23-18-6-4-5-15(3)11-18/h4-11,14H,12-13H2,1-3H3,(H,23,27)(H,24,26,28). The number of aryl methyl sites for hydroxylation is 1. The van der Waals surface area contributed by atoms with Crippen LogP contribution in [0.5, 0.6) is 0 Å². The van der Waals surface area contributed by atoms with Crippen molar-refractivity contribution in [1.82, 2.24) is 15.2 Å². The maximum atomic E-state index is 12.3. The summed E-state index contributed by atoms with van der Waals surface area (Å²) in [6.45, 7) is 6.25. The van der Waals surface area contributed by atoms with Crippen LogP contribution in [0.1, 0.15) is 42.1 Å². The van der Waals surface area contributed by atoms with Crippen molar-refractivity contribution in [1.29, 1.82) is 0 Å². The quantitative estimate of drug-likeness (QED) is 0.579. The number of aromatic amines is 1. The molecule has 0 aliphatic heterocycles. The number of nitrogens with one attached hydrogen (secondary N) is 2. The first-order valence-corrected chi connectivity index (χ1v) is 10.4. The summed E-state index contributed by atoms with van der Waals surface area (Å²) in [4.78, 5) is 27.1. The number of hydrogen-bond donors (Lipinski definition) is 2. The highest BCUT2D eigenvalue weighted by atomic mass is 32.2. The monoisotopic (exact) mass is 408 g/mol. The van der Waals surface area contributed by atoms with Crippen LogP contribution in [0.15, 0.2) is 58.5 Å². The Morgan fingerprint density at radius 2 is 1.90 bits per heavy atom. The van der Waals surface area contributed by atoms with Crippen LogP contribution in [0, 0.1) is 6.92 Å². The molecular weight excluding hydrogens is 384 g/mol. The fraction of sp³-hybridized carbons (Fsp3) is 0.273. The topological polar surface area (TPSA) is 87.7 Å². The minimum absolute atomic E-state index is 0.134. The fourth-order valence-electron chi connectivity index (χ4n) is 2.79.